The van der Waals surface area contributed by atoms with E-state index in [-0.39, 0.29) is 16.3 Å². The van der Waals surface area contributed by atoms with Gasteiger partial charge >= 0.3 is 0 Å². The number of carbonyl (C=O) groups excluding carboxylic acids is 1. The Morgan fingerprint density at radius 3 is 2.41 bits per heavy atom. The minimum atomic E-state index is -3.68. The second kappa shape index (κ2) is 8.18. The Bertz CT molecular complexity index is 1100. The fourth-order valence-electron chi connectivity index (χ4n) is 3.35. The van der Waals surface area contributed by atoms with Gasteiger partial charge in [-0.2, -0.15) is 4.31 Å². The maximum absolute atomic E-state index is 13.1. The van der Waals surface area contributed by atoms with E-state index in [0.717, 1.165) is 24.8 Å². The molecule has 0 atom stereocenters. The summed E-state index contributed by atoms with van der Waals surface area (Å²) < 4.78 is 32.9. The molecule has 0 aliphatic carbocycles. The minimum Gasteiger partial charge on any atom is -0.355 e. The van der Waals surface area contributed by atoms with Crippen LogP contribution in [0.5, 0.6) is 0 Å². The highest BCUT2D eigenvalue weighted by Gasteiger charge is 2.28. The van der Waals surface area contributed by atoms with Crippen LogP contribution in [0.1, 0.15) is 29.8 Å². The van der Waals surface area contributed by atoms with E-state index in [1.165, 1.54) is 16.4 Å². The summed E-state index contributed by atoms with van der Waals surface area (Å²) in [5.41, 5.74) is 1.11. The first kappa shape index (κ1) is 19.4. The summed E-state index contributed by atoms with van der Waals surface area (Å²) in [4.78, 5) is 12.8. The van der Waals surface area contributed by atoms with Crippen LogP contribution >= 0.6 is 0 Å². The molecular formula is C21H21N3O4S. The number of hydrogen-bond acceptors (Lipinski definition) is 5. The van der Waals surface area contributed by atoms with Crippen LogP contribution < -0.4 is 5.32 Å². The molecule has 1 N–H and O–H groups in total. The molecule has 0 spiro atoms. The fourth-order valence-corrected chi connectivity index (χ4v) is 5.01. The second-order valence-electron chi connectivity index (χ2n) is 6.86. The lowest BCUT2D eigenvalue weighted by molar-refractivity contribution is 0.101. The van der Waals surface area contributed by atoms with Crippen LogP contribution in [0.3, 0.4) is 0 Å². The Morgan fingerprint density at radius 1 is 0.966 bits per heavy atom. The van der Waals surface area contributed by atoms with E-state index in [2.05, 4.69) is 10.5 Å². The number of hydrogen-bond donors (Lipinski definition) is 1. The number of benzene rings is 2. The lowest BCUT2D eigenvalue weighted by Gasteiger charge is -2.26. The number of nitrogens with one attached hydrogen (secondary N) is 1. The van der Waals surface area contributed by atoms with Crippen LogP contribution in [0.2, 0.25) is 0 Å². The number of sulfonamides is 1. The van der Waals surface area contributed by atoms with Gasteiger partial charge in [-0.05, 0) is 25.0 Å². The van der Waals surface area contributed by atoms with Crippen LogP contribution in [-0.4, -0.2) is 36.9 Å². The van der Waals surface area contributed by atoms with Crippen LogP contribution in [0, 0.1) is 0 Å². The zero-order valence-corrected chi connectivity index (χ0v) is 16.6. The summed E-state index contributed by atoms with van der Waals surface area (Å²) in [6.07, 6.45) is 2.71. The predicted octanol–water partition coefficient (Wildman–Crippen LogP) is 3.77. The van der Waals surface area contributed by atoms with Crippen molar-refractivity contribution in [3.05, 3.63) is 66.4 Å². The standard InChI is InChI=1S/C21H21N3O4S/c25-21(18-15-19(28-23-18)16-9-3-1-4-10-16)22-17-11-5-6-12-20(17)29(26,27)24-13-7-2-8-14-24/h1,3-6,9-12,15H,2,7-8,13-14H2,(H,22,25). The van der Waals surface area contributed by atoms with Gasteiger partial charge in [-0.15, -0.1) is 0 Å². The number of amides is 1. The Balaban J connectivity index is 1.57. The lowest BCUT2D eigenvalue weighted by Crippen LogP contribution is -2.36. The van der Waals surface area contributed by atoms with Gasteiger partial charge in [0.2, 0.25) is 10.0 Å². The Morgan fingerprint density at radius 2 is 1.66 bits per heavy atom. The normalized spacial score (nSPS) is 15.2. The second-order valence-corrected chi connectivity index (χ2v) is 8.76. The van der Waals surface area contributed by atoms with Crippen molar-refractivity contribution in [2.75, 3.05) is 18.4 Å². The summed E-state index contributed by atoms with van der Waals surface area (Å²) in [5.74, 6) is -0.0674. The van der Waals surface area contributed by atoms with Gasteiger partial charge in [-0.25, -0.2) is 8.42 Å². The van der Waals surface area contributed by atoms with Crippen molar-refractivity contribution in [2.45, 2.75) is 24.2 Å². The summed E-state index contributed by atoms with van der Waals surface area (Å²) in [6.45, 7) is 0.989. The molecule has 1 aromatic heterocycles. The van der Waals surface area contributed by atoms with Gasteiger partial charge in [0.05, 0.1) is 5.69 Å². The lowest BCUT2D eigenvalue weighted by atomic mass is 10.1. The number of aromatic nitrogens is 1. The molecule has 7 nitrogen and oxygen atoms in total. The van der Waals surface area contributed by atoms with Crippen molar-refractivity contribution in [3.63, 3.8) is 0 Å². The minimum absolute atomic E-state index is 0.0778. The predicted molar refractivity (Wildman–Crippen MR) is 109 cm³/mol. The molecule has 2 aromatic carbocycles. The summed E-state index contributed by atoms with van der Waals surface area (Å²) >= 11 is 0. The highest BCUT2D eigenvalue weighted by molar-refractivity contribution is 7.89. The first-order valence-corrected chi connectivity index (χ1v) is 10.9. The van der Waals surface area contributed by atoms with Gasteiger partial charge < -0.3 is 9.84 Å². The molecule has 3 aromatic rings. The molecule has 1 fully saturated rings. The van der Waals surface area contributed by atoms with Gasteiger partial charge in [0.25, 0.3) is 5.91 Å². The van der Waals surface area contributed by atoms with Crippen molar-refractivity contribution >= 4 is 21.6 Å². The first-order valence-electron chi connectivity index (χ1n) is 9.48. The zero-order valence-electron chi connectivity index (χ0n) is 15.7. The van der Waals surface area contributed by atoms with Gasteiger partial charge in [-0.3, -0.25) is 4.79 Å². The van der Waals surface area contributed by atoms with Crippen molar-refractivity contribution in [1.29, 1.82) is 0 Å². The number of nitrogens with zero attached hydrogens (tertiary/aromatic N) is 2. The van der Waals surface area contributed by atoms with E-state index < -0.39 is 15.9 Å². The largest absolute Gasteiger partial charge is 0.355 e. The monoisotopic (exact) mass is 411 g/mol. The van der Waals surface area contributed by atoms with Crippen molar-refractivity contribution in [2.24, 2.45) is 0 Å². The third kappa shape index (κ3) is 4.08. The molecule has 150 valence electrons. The quantitative estimate of drug-likeness (QED) is 0.690. The van der Waals surface area contributed by atoms with E-state index in [1.807, 2.05) is 30.3 Å². The smallest absolute Gasteiger partial charge is 0.277 e. The van der Waals surface area contributed by atoms with E-state index in [1.54, 1.807) is 18.2 Å². The summed E-state index contributed by atoms with van der Waals surface area (Å²) in [5, 5.41) is 6.49. The van der Waals surface area contributed by atoms with Crippen LogP contribution in [0.15, 0.2) is 70.1 Å². The van der Waals surface area contributed by atoms with E-state index in [0.29, 0.717) is 18.8 Å². The molecule has 1 aliphatic heterocycles. The van der Waals surface area contributed by atoms with Gasteiger partial charge in [-0.1, -0.05) is 54.0 Å². The molecule has 0 bridgehead atoms. The average Bonchev–Trinajstić information content (AvgIpc) is 3.26. The van der Waals surface area contributed by atoms with Gasteiger partial charge in [0.15, 0.2) is 11.5 Å². The van der Waals surface area contributed by atoms with Crippen molar-refractivity contribution < 1.29 is 17.7 Å². The van der Waals surface area contributed by atoms with Crippen LogP contribution in [0.4, 0.5) is 5.69 Å². The molecule has 1 saturated heterocycles. The molecular weight excluding hydrogens is 390 g/mol. The van der Waals surface area contributed by atoms with Crippen LogP contribution in [0.25, 0.3) is 11.3 Å². The third-order valence-electron chi connectivity index (χ3n) is 4.87. The number of carbonyl (C=O) groups is 1. The zero-order chi connectivity index (χ0) is 20.3. The highest BCUT2D eigenvalue weighted by atomic mass is 32.2. The first-order chi connectivity index (χ1) is 14.1. The number of rotatable bonds is 5. The maximum Gasteiger partial charge on any atom is 0.277 e. The van der Waals surface area contributed by atoms with E-state index in [9.17, 15) is 13.2 Å². The molecule has 1 amide bonds. The highest BCUT2D eigenvalue weighted by Crippen LogP contribution is 2.27. The molecule has 0 radical (unpaired) electrons. The Labute approximate surface area is 169 Å². The number of piperidine rings is 1. The topological polar surface area (TPSA) is 92.5 Å². The van der Waals surface area contributed by atoms with Gasteiger partial charge in [0, 0.05) is 24.7 Å². The molecule has 4 rings (SSSR count). The van der Waals surface area contributed by atoms with E-state index in [4.69, 9.17) is 4.52 Å². The SMILES string of the molecule is O=C(Nc1ccccc1S(=O)(=O)N1CCCCC1)c1cc(-c2ccccc2)on1. The Kier molecular flexibility index (Phi) is 5.46. The molecule has 1 aliphatic rings. The fraction of sp³-hybridized carbons (Fsp3) is 0.238. The number of para-hydroxylation sites is 1. The van der Waals surface area contributed by atoms with E-state index >= 15 is 0 Å². The average molecular weight is 411 g/mol. The summed E-state index contributed by atoms with van der Waals surface area (Å²) in [7, 11) is -3.68. The molecule has 8 heteroatoms. The molecule has 2 heterocycles. The van der Waals surface area contributed by atoms with Gasteiger partial charge in [0.1, 0.15) is 4.90 Å². The van der Waals surface area contributed by atoms with Crippen LogP contribution in [-0.2, 0) is 10.0 Å². The summed E-state index contributed by atoms with van der Waals surface area (Å²) in [6, 6.07) is 17.3. The number of anilines is 1. The molecule has 0 saturated carbocycles. The van der Waals surface area contributed by atoms with Crippen molar-refractivity contribution in [1.82, 2.24) is 9.46 Å². The third-order valence-corrected chi connectivity index (χ3v) is 6.83. The maximum atomic E-state index is 13.1. The molecule has 0 unspecified atom stereocenters. The Hall–Kier alpha value is -2.97. The molecule has 29 heavy (non-hydrogen) atoms. The van der Waals surface area contributed by atoms with Crippen molar-refractivity contribution in [3.8, 4) is 11.3 Å².